The van der Waals surface area contributed by atoms with Crippen LogP contribution in [0, 0.1) is 5.92 Å². The zero-order chi connectivity index (χ0) is 12.3. The van der Waals surface area contributed by atoms with Crippen molar-refractivity contribution in [1.82, 2.24) is 4.98 Å². The number of hydrogen-bond acceptors (Lipinski definition) is 3. The second-order valence-corrected chi connectivity index (χ2v) is 6.03. The SMILES string of the molecule is CCOC1(c2nc(CCl)cs2)CCCC(C)C1. The molecule has 0 bridgehead atoms. The van der Waals surface area contributed by atoms with Crippen LogP contribution in [-0.2, 0) is 16.2 Å². The number of ether oxygens (including phenoxy) is 1. The third kappa shape index (κ3) is 2.83. The quantitative estimate of drug-likeness (QED) is 0.762. The van der Waals surface area contributed by atoms with Crippen molar-refractivity contribution in [2.45, 2.75) is 51.0 Å². The van der Waals surface area contributed by atoms with Crippen LogP contribution < -0.4 is 0 Å². The van der Waals surface area contributed by atoms with E-state index in [1.807, 2.05) is 0 Å². The molecule has 1 aliphatic rings. The third-order valence-corrected chi connectivity index (χ3v) is 4.81. The Labute approximate surface area is 112 Å². The van der Waals surface area contributed by atoms with Gasteiger partial charge in [-0.1, -0.05) is 13.3 Å². The first-order valence-electron chi connectivity index (χ1n) is 6.35. The fourth-order valence-corrected chi connectivity index (χ4v) is 3.99. The molecule has 2 unspecified atom stereocenters. The van der Waals surface area contributed by atoms with Crippen LogP contribution in [0.5, 0.6) is 0 Å². The van der Waals surface area contributed by atoms with E-state index in [-0.39, 0.29) is 5.60 Å². The van der Waals surface area contributed by atoms with Crippen molar-refractivity contribution in [1.29, 1.82) is 0 Å². The number of alkyl halides is 1. The lowest BCUT2D eigenvalue weighted by atomic mass is 9.79. The predicted molar refractivity (Wildman–Crippen MR) is 72.6 cm³/mol. The first-order valence-corrected chi connectivity index (χ1v) is 7.76. The minimum Gasteiger partial charge on any atom is -0.368 e. The first-order chi connectivity index (χ1) is 8.20. The molecule has 0 spiro atoms. The Hall–Kier alpha value is -0.120. The van der Waals surface area contributed by atoms with Gasteiger partial charge in [-0.3, -0.25) is 0 Å². The second-order valence-electron chi connectivity index (χ2n) is 4.91. The molecular formula is C13H20ClNOS. The van der Waals surface area contributed by atoms with Crippen LogP contribution in [0.3, 0.4) is 0 Å². The largest absolute Gasteiger partial charge is 0.368 e. The van der Waals surface area contributed by atoms with Crippen LogP contribution in [0.1, 0.15) is 50.2 Å². The maximum Gasteiger partial charge on any atom is 0.125 e. The number of rotatable bonds is 4. The van der Waals surface area contributed by atoms with Crippen molar-refractivity contribution in [3.8, 4) is 0 Å². The zero-order valence-electron chi connectivity index (χ0n) is 10.5. The summed E-state index contributed by atoms with van der Waals surface area (Å²) in [6.07, 6.45) is 4.73. The van der Waals surface area contributed by atoms with Crippen LogP contribution in [0.2, 0.25) is 0 Å². The van der Waals surface area contributed by atoms with Gasteiger partial charge in [0.25, 0.3) is 0 Å². The highest BCUT2D eigenvalue weighted by atomic mass is 35.5. The Balaban J connectivity index is 2.26. The van der Waals surface area contributed by atoms with Crippen molar-refractivity contribution < 1.29 is 4.74 Å². The van der Waals surface area contributed by atoms with Gasteiger partial charge in [0.2, 0.25) is 0 Å². The number of aromatic nitrogens is 1. The molecule has 1 saturated carbocycles. The molecule has 0 N–H and O–H groups in total. The maximum absolute atomic E-state index is 6.09. The van der Waals surface area contributed by atoms with Gasteiger partial charge in [-0.2, -0.15) is 0 Å². The van der Waals surface area contributed by atoms with Crippen LogP contribution >= 0.6 is 22.9 Å². The molecular weight excluding hydrogens is 254 g/mol. The summed E-state index contributed by atoms with van der Waals surface area (Å²) in [7, 11) is 0. The molecule has 0 aromatic carbocycles. The van der Waals surface area contributed by atoms with Crippen molar-refractivity contribution in [3.05, 3.63) is 16.1 Å². The van der Waals surface area contributed by atoms with E-state index in [4.69, 9.17) is 16.3 Å². The standard InChI is InChI=1S/C13H20ClNOS/c1-3-16-13(6-4-5-10(2)7-13)12-15-11(8-14)9-17-12/h9-10H,3-8H2,1-2H3. The van der Waals surface area contributed by atoms with Gasteiger partial charge in [0.15, 0.2) is 0 Å². The molecule has 1 heterocycles. The average molecular weight is 274 g/mol. The molecule has 4 heteroatoms. The van der Waals surface area contributed by atoms with Crippen LogP contribution in [0.15, 0.2) is 5.38 Å². The maximum atomic E-state index is 6.09. The van der Waals surface area contributed by atoms with Gasteiger partial charge >= 0.3 is 0 Å². The Morgan fingerprint density at radius 1 is 1.65 bits per heavy atom. The van der Waals surface area contributed by atoms with E-state index in [0.29, 0.717) is 5.88 Å². The lowest BCUT2D eigenvalue weighted by Crippen LogP contribution is -2.35. The summed E-state index contributed by atoms with van der Waals surface area (Å²) in [4.78, 5) is 4.64. The summed E-state index contributed by atoms with van der Waals surface area (Å²) in [5.41, 5.74) is 0.838. The number of halogens is 1. The molecule has 2 rings (SSSR count). The molecule has 2 atom stereocenters. The Bertz CT molecular complexity index is 364. The van der Waals surface area contributed by atoms with E-state index in [1.165, 1.54) is 12.8 Å². The van der Waals surface area contributed by atoms with E-state index in [2.05, 4.69) is 24.2 Å². The molecule has 1 fully saturated rings. The summed E-state index contributed by atoms with van der Waals surface area (Å²) in [5, 5.41) is 3.18. The first kappa shape index (κ1) is 13.3. The zero-order valence-corrected chi connectivity index (χ0v) is 12.1. The van der Waals surface area contributed by atoms with E-state index in [1.54, 1.807) is 11.3 Å². The van der Waals surface area contributed by atoms with Gasteiger partial charge in [-0.05, 0) is 32.1 Å². The van der Waals surface area contributed by atoms with E-state index in [0.717, 1.165) is 36.1 Å². The number of nitrogens with zero attached hydrogens (tertiary/aromatic N) is 1. The summed E-state index contributed by atoms with van der Waals surface area (Å²) in [6, 6.07) is 0. The second kappa shape index (κ2) is 5.68. The fourth-order valence-electron chi connectivity index (χ4n) is 2.74. The van der Waals surface area contributed by atoms with E-state index < -0.39 is 0 Å². The highest BCUT2D eigenvalue weighted by molar-refractivity contribution is 7.09. The van der Waals surface area contributed by atoms with Crippen molar-refractivity contribution in [3.63, 3.8) is 0 Å². The smallest absolute Gasteiger partial charge is 0.125 e. The molecule has 0 amide bonds. The average Bonchev–Trinajstić information content (AvgIpc) is 2.78. The number of hydrogen-bond donors (Lipinski definition) is 0. The monoisotopic (exact) mass is 273 g/mol. The lowest BCUT2D eigenvalue weighted by Gasteiger charge is -2.38. The van der Waals surface area contributed by atoms with Crippen LogP contribution in [0.25, 0.3) is 0 Å². The van der Waals surface area contributed by atoms with Gasteiger partial charge in [-0.15, -0.1) is 22.9 Å². The Morgan fingerprint density at radius 2 is 2.47 bits per heavy atom. The number of thiazole rings is 1. The predicted octanol–water partition coefficient (Wildman–Crippen LogP) is 4.32. The Morgan fingerprint density at radius 3 is 3.06 bits per heavy atom. The molecule has 1 aromatic heterocycles. The minimum absolute atomic E-state index is 0.138. The minimum atomic E-state index is -0.138. The van der Waals surface area contributed by atoms with Gasteiger partial charge in [0.05, 0.1) is 11.6 Å². The summed E-state index contributed by atoms with van der Waals surface area (Å²) in [6.45, 7) is 5.13. The Kier molecular flexibility index (Phi) is 4.45. The van der Waals surface area contributed by atoms with E-state index in [9.17, 15) is 0 Å². The van der Waals surface area contributed by atoms with Crippen molar-refractivity contribution in [2.24, 2.45) is 5.92 Å². The molecule has 0 aliphatic heterocycles. The molecule has 2 nitrogen and oxygen atoms in total. The summed E-state index contributed by atoms with van der Waals surface area (Å²) >= 11 is 7.53. The van der Waals surface area contributed by atoms with Crippen LogP contribution in [-0.4, -0.2) is 11.6 Å². The molecule has 0 saturated heterocycles. The van der Waals surface area contributed by atoms with Gasteiger partial charge in [0, 0.05) is 12.0 Å². The van der Waals surface area contributed by atoms with Gasteiger partial charge in [0.1, 0.15) is 10.6 Å². The van der Waals surface area contributed by atoms with Gasteiger partial charge < -0.3 is 4.74 Å². The molecule has 17 heavy (non-hydrogen) atoms. The highest BCUT2D eigenvalue weighted by Gasteiger charge is 2.39. The normalized spacial score (nSPS) is 29.5. The lowest BCUT2D eigenvalue weighted by molar-refractivity contribution is -0.0821. The van der Waals surface area contributed by atoms with Crippen molar-refractivity contribution >= 4 is 22.9 Å². The third-order valence-electron chi connectivity index (χ3n) is 3.45. The topological polar surface area (TPSA) is 22.1 Å². The van der Waals surface area contributed by atoms with E-state index >= 15 is 0 Å². The summed E-state index contributed by atoms with van der Waals surface area (Å²) in [5.74, 6) is 1.22. The highest BCUT2D eigenvalue weighted by Crippen LogP contribution is 2.44. The van der Waals surface area contributed by atoms with Crippen molar-refractivity contribution in [2.75, 3.05) is 6.61 Å². The molecule has 0 radical (unpaired) electrons. The molecule has 96 valence electrons. The van der Waals surface area contributed by atoms with Crippen LogP contribution in [0.4, 0.5) is 0 Å². The molecule has 1 aliphatic carbocycles. The summed E-state index contributed by atoms with van der Waals surface area (Å²) < 4.78 is 6.09. The van der Waals surface area contributed by atoms with Gasteiger partial charge in [-0.25, -0.2) is 4.98 Å². The fraction of sp³-hybridized carbons (Fsp3) is 0.769. The molecule has 1 aromatic rings.